The molecule has 0 saturated heterocycles. The Kier molecular flexibility index (Phi) is 3.95. The van der Waals surface area contributed by atoms with Crippen LogP contribution in [0.2, 0.25) is 0 Å². The molecule has 3 N–H and O–H groups in total. The summed E-state index contributed by atoms with van der Waals surface area (Å²) in [5.74, 6) is 0. The molecule has 1 aromatic rings. The minimum absolute atomic E-state index is 0.531. The average molecular weight is 204 g/mol. The predicted octanol–water partition coefficient (Wildman–Crippen LogP) is 0.796. The van der Waals surface area contributed by atoms with Gasteiger partial charge in [-0.2, -0.15) is 5.26 Å². The summed E-state index contributed by atoms with van der Waals surface area (Å²) in [7, 11) is 3.87. The highest BCUT2D eigenvalue weighted by atomic mass is 15.1. The lowest BCUT2D eigenvalue weighted by Crippen LogP contribution is -2.27. The highest BCUT2D eigenvalue weighted by Crippen LogP contribution is 2.24. The maximum absolute atomic E-state index is 8.84. The van der Waals surface area contributed by atoms with Crippen molar-refractivity contribution in [1.82, 2.24) is 5.32 Å². The number of hydrogen-bond donors (Lipinski definition) is 2. The van der Waals surface area contributed by atoms with Crippen molar-refractivity contribution in [2.45, 2.75) is 0 Å². The number of nitrogens with one attached hydrogen (secondary N) is 1. The quantitative estimate of drug-likeness (QED) is 0.712. The zero-order valence-electron chi connectivity index (χ0n) is 9.12. The average Bonchev–Trinajstić information content (AvgIpc) is 2.26. The summed E-state index contributed by atoms with van der Waals surface area (Å²) in [6.07, 6.45) is 0. The fourth-order valence-corrected chi connectivity index (χ4v) is 1.38. The van der Waals surface area contributed by atoms with E-state index in [1.807, 2.05) is 31.1 Å². The molecule has 0 radical (unpaired) electrons. The lowest BCUT2D eigenvalue weighted by molar-refractivity contribution is 0.768. The van der Waals surface area contributed by atoms with Crippen LogP contribution < -0.4 is 16.0 Å². The third-order valence-electron chi connectivity index (χ3n) is 2.31. The fourth-order valence-electron chi connectivity index (χ4n) is 1.38. The number of nitriles is 1. The van der Waals surface area contributed by atoms with Crippen LogP contribution in [0.15, 0.2) is 18.2 Å². The number of nitrogens with zero attached hydrogens (tertiary/aromatic N) is 2. The van der Waals surface area contributed by atoms with Crippen molar-refractivity contribution < 1.29 is 0 Å². The van der Waals surface area contributed by atoms with E-state index in [0.717, 1.165) is 18.8 Å². The maximum atomic E-state index is 8.84. The molecule has 0 unspecified atom stereocenters. The molecule has 15 heavy (non-hydrogen) atoms. The summed E-state index contributed by atoms with van der Waals surface area (Å²) in [5, 5.41) is 11.9. The minimum atomic E-state index is 0.531. The van der Waals surface area contributed by atoms with Gasteiger partial charge in [0, 0.05) is 20.1 Å². The van der Waals surface area contributed by atoms with E-state index in [-0.39, 0.29) is 0 Å². The Labute approximate surface area is 90.3 Å². The normalized spacial score (nSPS) is 9.67. The van der Waals surface area contributed by atoms with Gasteiger partial charge in [-0.05, 0) is 19.2 Å². The maximum Gasteiger partial charge on any atom is 0.101 e. The number of likely N-dealkylation sites (N-methyl/N-ethyl adjacent to an activating group) is 2. The van der Waals surface area contributed by atoms with E-state index in [2.05, 4.69) is 11.4 Å². The number of rotatable bonds is 4. The van der Waals surface area contributed by atoms with Gasteiger partial charge in [-0.25, -0.2) is 0 Å². The SMILES string of the molecule is CNCCN(C)c1cccc(C#N)c1N. The molecule has 0 aliphatic rings. The molecule has 0 atom stereocenters. The molecule has 80 valence electrons. The Morgan fingerprint density at radius 2 is 2.27 bits per heavy atom. The van der Waals surface area contributed by atoms with Crippen molar-refractivity contribution >= 4 is 11.4 Å². The summed E-state index contributed by atoms with van der Waals surface area (Å²) in [4.78, 5) is 2.03. The molecule has 1 aromatic carbocycles. The van der Waals surface area contributed by atoms with E-state index in [4.69, 9.17) is 11.0 Å². The van der Waals surface area contributed by atoms with Gasteiger partial charge in [-0.15, -0.1) is 0 Å². The van der Waals surface area contributed by atoms with Gasteiger partial charge in [0.1, 0.15) is 6.07 Å². The van der Waals surface area contributed by atoms with Gasteiger partial charge in [0.05, 0.1) is 16.9 Å². The molecular weight excluding hydrogens is 188 g/mol. The first-order valence-corrected chi connectivity index (χ1v) is 4.85. The van der Waals surface area contributed by atoms with Crippen LogP contribution in [0, 0.1) is 11.3 Å². The van der Waals surface area contributed by atoms with E-state index in [0.29, 0.717) is 11.3 Å². The molecule has 0 aliphatic carbocycles. The lowest BCUT2D eigenvalue weighted by Gasteiger charge is -2.21. The second kappa shape index (κ2) is 5.23. The van der Waals surface area contributed by atoms with Crippen molar-refractivity contribution in [1.29, 1.82) is 5.26 Å². The van der Waals surface area contributed by atoms with Crippen LogP contribution in [0.25, 0.3) is 0 Å². The lowest BCUT2D eigenvalue weighted by atomic mass is 10.1. The zero-order chi connectivity index (χ0) is 11.3. The summed E-state index contributed by atoms with van der Waals surface area (Å²) in [5.41, 5.74) is 7.87. The van der Waals surface area contributed by atoms with Gasteiger partial charge in [-0.1, -0.05) is 6.07 Å². The van der Waals surface area contributed by atoms with Gasteiger partial charge in [0.25, 0.3) is 0 Å². The molecule has 0 amide bonds. The van der Waals surface area contributed by atoms with Crippen LogP contribution in [-0.2, 0) is 0 Å². The number of para-hydroxylation sites is 1. The number of nitrogen functional groups attached to an aromatic ring is 1. The molecular formula is C11H16N4. The third-order valence-corrected chi connectivity index (χ3v) is 2.31. The van der Waals surface area contributed by atoms with Crippen LogP contribution in [-0.4, -0.2) is 27.2 Å². The minimum Gasteiger partial charge on any atom is -0.396 e. The van der Waals surface area contributed by atoms with Gasteiger partial charge in [0.2, 0.25) is 0 Å². The fraction of sp³-hybridized carbons (Fsp3) is 0.364. The number of benzene rings is 1. The Hall–Kier alpha value is -1.73. The zero-order valence-corrected chi connectivity index (χ0v) is 9.12. The molecule has 0 aliphatic heterocycles. The van der Waals surface area contributed by atoms with E-state index in [1.54, 1.807) is 6.07 Å². The monoisotopic (exact) mass is 204 g/mol. The van der Waals surface area contributed by atoms with Crippen LogP contribution in [0.1, 0.15) is 5.56 Å². The van der Waals surface area contributed by atoms with Gasteiger partial charge in [0.15, 0.2) is 0 Å². The summed E-state index contributed by atoms with van der Waals surface area (Å²) in [6.45, 7) is 1.74. The van der Waals surface area contributed by atoms with E-state index >= 15 is 0 Å². The molecule has 0 heterocycles. The molecule has 0 aromatic heterocycles. The Morgan fingerprint density at radius 1 is 1.53 bits per heavy atom. The molecule has 1 rings (SSSR count). The topological polar surface area (TPSA) is 65.1 Å². The van der Waals surface area contributed by atoms with Crippen molar-refractivity contribution in [3.63, 3.8) is 0 Å². The molecule has 0 bridgehead atoms. The summed E-state index contributed by atoms with van der Waals surface area (Å²) < 4.78 is 0. The third kappa shape index (κ3) is 2.61. The molecule has 0 fully saturated rings. The number of nitrogens with two attached hydrogens (primary N) is 1. The standard InChI is InChI=1S/C11H16N4/c1-14-6-7-15(2)10-5-3-4-9(8-12)11(10)13/h3-5,14H,6-7,13H2,1-2H3. The Bertz CT molecular complexity index is 367. The highest BCUT2D eigenvalue weighted by Gasteiger charge is 2.07. The van der Waals surface area contributed by atoms with Crippen molar-refractivity contribution in [2.24, 2.45) is 0 Å². The van der Waals surface area contributed by atoms with Crippen LogP contribution >= 0.6 is 0 Å². The van der Waals surface area contributed by atoms with Gasteiger partial charge >= 0.3 is 0 Å². The van der Waals surface area contributed by atoms with Gasteiger partial charge < -0.3 is 16.0 Å². The highest BCUT2D eigenvalue weighted by molar-refractivity contribution is 5.73. The van der Waals surface area contributed by atoms with Crippen molar-refractivity contribution in [3.05, 3.63) is 23.8 Å². The van der Waals surface area contributed by atoms with Crippen LogP contribution in [0.5, 0.6) is 0 Å². The summed E-state index contributed by atoms with van der Waals surface area (Å²) >= 11 is 0. The van der Waals surface area contributed by atoms with Crippen LogP contribution in [0.3, 0.4) is 0 Å². The Balaban J connectivity index is 2.90. The predicted molar refractivity (Wildman–Crippen MR) is 62.8 cm³/mol. The van der Waals surface area contributed by atoms with Gasteiger partial charge in [-0.3, -0.25) is 0 Å². The van der Waals surface area contributed by atoms with Crippen molar-refractivity contribution in [2.75, 3.05) is 37.8 Å². The molecule has 0 spiro atoms. The first kappa shape index (κ1) is 11.3. The first-order chi connectivity index (χ1) is 7.20. The number of anilines is 2. The van der Waals surface area contributed by atoms with Crippen LogP contribution in [0.4, 0.5) is 11.4 Å². The largest absolute Gasteiger partial charge is 0.396 e. The van der Waals surface area contributed by atoms with E-state index < -0.39 is 0 Å². The second-order valence-electron chi connectivity index (χ2n) is 3.38. The second-order valence-corrected chi connectivity index (χ2v) is 3.38. The van der Waals surface area contributed by atoms with E-state index in [9.17, 15) is 0 Å². The smallest absolute Gasteiger partial charge is 0.101 e. The van der Waals surface area contributed by atoms with Crippen molar-refractivity contribution in [3.8, 4) is 6.07 Å². The van der Waals surface area contributed by atoms with E-state index in [1.165, 1.54) is 0 Å². The first-order valence-electron chi connectivity index (χ1n) is 4.85. The number of hydrogen-bond acceptors (Lipinski definition) is 4. The summed E-state index contributed by atoms with van der Waals surface area (Å²) in [6, 6.07) is 7.58. The molecule has 4 heteroatoms. The molecule has 0 saturated carbocycles. The molecule has 4 nitrogen and oxygen atoms in total. The Morgan fingerprint density at radius 3 is 2.87 bits per heavy atom.